The molecule has 0 radical (unpaired) electrons. The van der Waals surface area contributed by atoms with Crippen molar-refractivity contribution in [1.82, 2.24) is 5.32 Å². The third kappa shape index (κ3) is 2.21. The summed E-state index contributed by atoms with van der Waals surface area (Å²) >= 11 is 0. The highest BCUT2D eigenvalue weighted by Gasteiger charge is 2.54. The molecule has 2 rings (SSSR count). The highest BCUT2D eigenvalue weighted by Crippen LogP contribution is 2.46. The van der Waals surface area contributed by atoms with Crippen molar-refractivity contribution in [1.29, 1.82) is 0 Å². The van der Waals surface area contributed by atoms with Crippen molar-refractivity contribution in [2.75, 3.05) is 7.11 Å². The lowest BCUT2D eigenvalue weighted by Crippen LogP contribution is -2.47. The summed E-state index contributed by atoms with van der Waals surface area (Å²) in [4.78, 5) is 36.0. The van der Waals surface area contributed by atoms with Crippen LogP contribution in [0, 0.1) is 5.41 Å². The number of methoxy groups -OCH3 is 1. The minimum Gasteiger partial charge on any atom is -0.467 e. The zero-order valence-electron chi connectivity index (χ0n) is 11.5. The molecule has 20 heavy (non-hydrogen) atoms. The molecule has 1 unspecified atom stereocenters. The highest BCUT2D eigenvalue weighted by atomic mass is 16.5. The van der Waals surface area contributed by atoms with Gasteiger partial charge in [-0.15, -0.1) is 0 Å². The van der Waals surface area contributed by atoms with E-state index < -0.39 is 17.6 Å². The molecule has 1 aromatic rings. The third-order valence-corrected chi connectivity index (χ3v) is 3.87. The Morgan fingerprint density at radius 1 is 1.50 bits per heavy atom. The Balaban J connectivity index is 2.46. The minimum atomic E-state index is -1.26. The van der Waals surface area contributed by atoms with E-state index in [1.807, 2.05) is 0 Å². The molecule has 0 spiro atoms. The Labute approximate surface area is 116 Å². The first-order valence-corrected chi connectivity index (χ1v) is 6.44. The molecule has 1 aliphatic carbocycles. The van der Waals surface area contributed by atoms with Gasteiger partial charge in [-0.2, -0.15) is 0 Å². The molecule has 1 heterocycles. The van der Waals surface area contributed by atoms with Crippen LogP contribution in [0.2, 0.25) is 0 Å². The molecule has 0 aliphatic heterocycles. The van der Waals surface area contributed by atoms with E-state index in [0.717, 1.165) is 0 Å². The van der Waals surface area contributed by atoms with Crippen LogP contribution in [0.4, 0.5) is 4.79 Å². The lowest BCUT2D eigenvalue weighted by atomic mass is 9.73. The summed E-state index contributed by atoms with van der Waals surface area (Å²) in [6, 6.07) is 2.45. The van der Waals surface area contributed by atoms with Gasteiger partial charge in [0, 0.05) is 6.42 Å². The minimum absolute atomic E-state index is 0.164. The van der Waals surface area contributed by atoms with Gasteiger partial charge in [-0.1, -0.05) is 0 Å². The first-order valence-electron chi connectivity index (χ1n) is 6.44. The van der Waals surface area contributed by atoms with E-state index in [4.69, 9.17) is 4.42 Å². The van der Waals surface area contributed by atoms with Crippen LogP contribution in [0.5, 0.6) is 0 Å². The summed E-state index contributed by atoms with van der Waals surface area (Å²) < 4.78 is 9.89. The Bertz CT molecular complexity index is 522. The molecule has 1 saturated carbocycles. The summed E-state index contributed by atoms with van der Waals surface area (Å²) in [5.41, 5.74) is -1.26. The third-order valence-electron chi connectivity index (χ3n) is 3.87. The van der Waals surface area contributed by atoms with E-state index in [0.29, 0.717) is 25.0 Å². The van der Waals surface area contributed by atoms with Gasteiger partial charge in [0.15, 0.2) is 0 Å². The van der Waals surface area contributed by atoms with Crippen LogP contribution in [0.15, 0.2) is 22.8 Å². The zero-order chi connectivity index (χ0) is 14.8. The number of carbonyl (C=O) groups is 3. The van der Waals surface area contributed by atoms with Gasteiger partial charge in [0.25, 0.3) is 0 Å². The lowest BCUT2D eigenvalue weighted by molar-refractivity contribution is -0.139. The second-order valence-electron chi connectivity index (χ2n) is 4.89. The molecule has 2 atom stereocenters. The Morgan fingerprint density at radius 3 is 2.70 bits per heavy atom. The van der Waals surface area contributed by atoms with Crippen molar-refractivity contribution in [2.24, 2.45) is 5.41 Å². The normalized spacial score (nSPS) is 23.4. The number of nitrogens with one attached hydrogen (secondary N) is 1. The molecule has 1 aliphatic rings. The molecule has 0 bridgehead atoms. The van der Waals surface area contributed by atoms with Crippen molar-refractivity contribution < 1.29 is 23.5 Å². The number of hydrogen-bond acceptors (Lipinski definition) is 5. The van der Waals surface area contributed by atoms with Gasteiger partial charge >= 0.3 is 6.09 Å². The number of furan rings is 1. The van der Waals surface area contributed by atoms with Crippen LogP contribution in [0.3, 0.4) is 0 Å². The van der Waals surface area contributed by atoms with Gasteiger partial charge in [-0.25, -0.2) is 4.79 Å². The van der Waals surface area contributed by atoms with Crippen molar-refractivity contribution in [3.63, 3.8) is 0 Å². The summed E-state index contributed by atoms with van der Waals surface area (Å²) in [5.74, 6) is -0.0542. The van der Waals surface area contributed by atoms with Gasteiger partial charge in [-0.05, 0) is 31.9 Å². The maximum absolute atomic E-state index is 12.3. The number of amides is 1. The van der Waals surface area contributed by atoms with Gasteiger partial charge in [0.05, 0.1) is 13.4 Å². The fourth-order valence-corrected chi connectivity index (χ4v) is 2.84. The maximum atomic E-state index is 12.3. The fourth-order valence-electron chi connectivity index (χ4n) is 2.84. The highest BCUT2D eigenvalue weighted by molar-refractivity contribution is 6.08. The van der Waals surface area contributed by atoms with Crippen LogP contribution in [-0.4, -0.2) is 24.8 Å². The first kappa shape index (κ1) is 14.3. The number of alkyl carbamates (subject to hydrolysis) is 1. The standard InChI is InChI=1S/C14H17NO5/c1-9(16)14(7-3-6-11(14)17)12(15-13(18)19-2)10-5-4-8-20-10/h4-5,8,12H,3,6-7H2,1-2H3,(H,15,18)/t12?,14-/m0/s1. The Hall–Kier alpha value is -2.11. The fraction of sp³-hybridized carbons (Fsp3) is 0.500. The average molecular weight is 279 g/mol. The topological polar surface area (TPSA) is 85.6 Å². The monoisotopic (exact) mass is 279 g/mol. The van der Waals surface area contributed by atoms with Crippen molar-refractivity contribution >= 4 is 17.7 Å². The van der Waals surface area contributed by atoms with Crippen LogP contribution in [-0.2, 0) is 14.3 Å². The summed E-state index contributed by atoms with van der Waals surface area (Å²) in [5, 5.41) is 2.57. The summed E-state index contributed by atoms with van der Waals surface area (Å²) in [7, 11) is 1.23. The molecule has 6 heteroatoms. The number of ketones is 2. The van der Waals surface area contributed by atoms with Gasteiger partial charge in [-0.3, -0.25) is 9.59 Å². The number of rotatable bonds is 4. The molecule has 1 amide bonds. The Kier molecular flexibility index (Phi) is 3.92. The van der Waals surface area contributed by atoms with E-state index in [1.165, 1.54) is 20.3 Å². The number of ether oxygens (including phenoxy) is 1. The molecule has 6 nitrogen and oxygen atoms in total. The largest absolute Gasteiger partial charge is 0.467 e. The molecule has 0 saturated heterocycles. The van der Waals surface area contributed by atoms with E-state index >= 15 is 0 Å². The second-order valence-corrected chi connectivity index (χ2v) is 4.89. The quantitative estimate of drug-likeness (QED) is 0.852. The van der Waals surface area contributed by atoms with Crippen molar-refractivity contribution in [3.05, 3.63) is 24.2 Å². The van der Waals surface area contributed by atoms with Crippen molar-refractivity contribution in [2.45, 2.75) is 32.2 Å². The van der Waals surface area contributed by atoms with E-state index in [2.05, 4.69) is 10.1 Å². The Morgan fingerprint density at radius 2 is 2.25 bits per heavy atom. The van der Waals surface area contributed by atoms with E-state index in [-0.39, 0.29) is 11.6 Å². The zero-order valence-corrected chi connectivity index (χ0v) is 11.5. The van der Waals surface area contributed by atoms with Crippen LogP contribution < -0.4 is 5.32 Å². The van der Waals surface area contributed by atoms with Gasteiger partial charge in [0.2, 0.25) is 0 Å². The van der Waals surface area contributed by atoms with E-state index in [1.54, 1.807) is 12.1 Å². The number of hydrogen-bond donors (Lipinski definition) is 1. The predicted molar refractivity (Wildman–Crippen MR) is 69.0 cm³/mol. The molecule has 1 fully saturated rings. The predicted octanol–water partition coefficient (Wildman–Crippen LogP) is 2.01. The molecular formula is C14H17NO5. The molecular weight excluding hydrogens is 262 g/mol. The molecule has 0 aromatic carbocycles. The molecule has 108 valence electrons. The molecule has 1 N–H and O–H groups in total. The SMILES string of the molecule is COC(=O)NC(c1ccco1)[C@]1(C(C)=O)CCCC1=O. The van der Waals surface area contributed by atoms with Gasteiger partial charge < -0.3 is 14.5 Å². The smallest absolute Gasteiger partial charge is 0.407 e. The lowest BCUT2D eigenvalue weighted by Gasteiger charge is -2.32. The van der Waals surface area contributed by atoms with Gasteiger partial charge in [0.1, 0.15) is 28.8 Å². The van der Waals surface area contributed by atoms with Crippen LogP contribution in [0.1, 0.15) is 38.0 Å². The number of carbonyl (C=O) groups excluding carboxylic acids is 3. The van der Waals surface area contributed by atoms with E-state index in [9.17, 15) is 14.4 Å². The van der Waals surface area contributed by atoms with Crippen molar-refractivity contribution in [3.8, 4) is 0 Å². The first-order chi connectivity index (χ1) is 9.52. The van der Waals surface area contributed by atoms with Crippen LogP contribution in [0.25, 0.3) is 0 Å². The van der Waals surface area contributed by atoms with Crippen LogP contribution >= 0.6 is 0 Å². The maximum Gasteiger partial charge on any atom is 0.407 e. The second kappa shape index (κ2) is 5.48. The average Bonchev–Trinajstić information content (AvgIpc) is 3.05. The summed E-state index contributed by atoms with van der Waals surface area (Å²) in [6.45, 7) is 1.37. The molecule has 1 aromatic heterocycles. The summed E-state index contributed by atoms with van der Waals surface area (Å²) in [6.07, 6.45) is 2.09. The number of Topliss-reactive ketones (excluding diaryl/α,β-unsaturated/α-hetero) is 2.